The lowest BCUT2D eigenvalue weighted by Gasteiger charge is -2.29. The summed E-state index contributed by atoms with van der Waals surface area (Å²) in [6.45, 7) is 6.22. The first-order chi connectivity index (χ1) is 9.03. The standard InChI is InChI=1S/C13H23N5S/c1-5-13(9-14,16-11(2)3)7-6-8-19-12-17-15-10-18(12)4/h10-11,16H,5-8H2,1-4H3. The van der Waals surface area contributed by atoms with Crippen molar-refractivity contribution in [1.29, 1.82) is 5.26 Å². The molecule has 5 nitrogen and oxygen atoms in total. The normalized spacial score (nSPS) is 14.3. The van der Waals surface area contributed by atoms with E-state index >= 15 is 0 Å². The van der Waals surface area contributed by atoms with Gasteiger partial charge in [0.15, 0.2) is 5.16 Å². The molecule has 0 amide bonds. The fraction of sp³-hybridized carbons (Fsp3) is 0.769. The Morgan fingerprint density at radius 2 is 2.32 bits per heavy atom. The van der Waals surface area contributed by atoms with Crippen LogP contribution in [0, 0.1) is 11.3 Å². The van der Waals surface area contributed by atoms with Crippen molar-refractivity contribution in [1.82, 2.24) is 20.1 Å². The molecular weight excluding hydrogens is 258 g/mol. The van der Waals surface area contributed by atoms with Gasteiger partial charge in [-0.1, -0.05) is 18.7 Å². The number of rotatable bonds is 8. The number of nitriles is 1. The lowest BCUT2D eigenvalue weighted by atomic mass is 9.91. The number of nitrogens with one attached hydrogen (secondary N) is 1. The molecule has 0 aromatic carbocycles. The molecule has 0 aliphatic heterocycles. The van der Waals surface area contributed by atoms with E-state index in [1.807, 2.05) is 11.6 Å². The van der Waals surface area contributed by atoms with Gasteiger partial charge in [0.2, 0.25) is 0 Å². The molecule has 1 unspecified atom stereocenters. The van der Waals surface area contributed by atoms with Gasteiger partial charge < -0.3 is 4.57 Å². The average molecular weight is 281 g/mol. The molecule has 1 aromatic rings. The number of hydrogen-bond acceptors (Lipinski definition) is 5. The molecule has 19 heavy (non-hydrogen) atoms. The fourth-order valence-electron chi connectivity index (χ4n) is 2.01. The lowest BCUT2D eigenvalue weighted by Crippen LogP contribution is -2.47. The van der Waals surface area contributed by atoms with E-state index in [1.165, 1.54) is 0 Å². The van der Waals surface area contributed by atoms with Crippen molar-refractivity contribution in [2.45, 2.75) is 56.8 Å². The summed E-state index contributed by atoms with van der Waals surface area (Å²) >= 11 is 1.69. The van der Waals surface area contributed by atoms with E-state index in [0.717, 1.165) is 30.2 Å². The summed E-state index contributed by atoms with van der Waals surface area (Å²) in [6, 6.07) is 2.77. The molecule has 1 aromatic heterocycles. The first-order valence-electron chi connectivity index (χ1n) is 6.68. The Bertz CT molecular complexity index is 423. The predicted molar refractivity (Wildman–Crippen MR) is 77.9 cm³/mol. The topological polar surface area (TPSA) is 66.5 Å². The highest BCUT2D eigenvalue weighted by Crippen LogP contribution is 2.21. The van der Waals surface area contributed by atoms with Gasteiger partial charge in [-0.15, -0.1) is 10.2 Å². The minimum atomic E-state index is -0.394. The summed E-state index contributed by atoms with van der Waals surface area (Å²) in [6.07, 6.45) is 4.38. The van der Waals surface area contributed by atoms with E-state index in [4.69, 9.17) is 0 Å². The zero-order valence-electron chi connectivity index (χ0n) is 12.2. The van der Waals surface area contributed by atoms with Gasteiger partial charge in [-0.2, -0.15) is 5.26 Å². The van der Waals surface area contributed by atoms with E-state index in [0.29, 0.717) is 6.04 Å². The van der Waals surface area contributed by atoms with Crippen LogP contribution in [0.25, 0.3) is 0 Å². The van der Waals surface area contributed by atoms with Crippen LogP contribution in [0.4, 0.5) is 0 Å². The van der Waals surface area contributed by atoms with Crippen LogP contribution in [-0.2, 0) is 7.05 Å². The van der Waals surface area contributed by atoms with Gasteiger partial charge in [-0.25, -0.2) is 0 Å². The second-order valence-electron chi connectivity index (χ2n) is 5.02. The van der Waals surface area contributed by atoms with E-state index in [-0.39, 0.29) is 0 Å². The highest BCUT2D eigenvalue weighted by Gasteiger charge is 2.27. The highest BCUT2D eigenvalue weighted by atomic mass is 32.2. The third kappa shape index (κ3) is 4.84. The number of thioether (sulfide) groups is 1. The van der Waals surface area contributed by atoms with Crippen LogP contribution in [0.3, 0.4) is 0 Å². The van der Waals surface area contributed by atoms with Crippen LogP contribution in [0.15, 0.2) is 11.5 Å². The Hall–Kier alpha value is -1.06. The van der Waals surface area contributed by atoms with Crippen molar-refractivity contribution < 1.29 is 0 Å². The molecule has 106 valence electrons. The quantitative estimate of drug-likeness (QED) is 0.585. The van der Waals surface area contributed by atoms with Crippen LogP contribution in [0.2, 0.25) is 0 Å². The third-order valence-electron chi connectivity index (χ3n) is 3.03. The highest BCUT2D eigenvalue weighted by molar-refractivity contribution is 7.99. The van der Waals surface area contributed by atoms with Crippen molar-refractivity contribution in [2.75, 3.05) is 5.75 Å². The second kappa shape index (κ2) is 7.51. The van der Waals surface area contributed by atoms with E-state index in [2.05, 4.69) is 42.4 Å². The van der Waals surface area contributed by atoms with Crippen LogP contribution in [0.5, 0.6) is 0 Å². The molecule has 0 saturated heterocycles. The van der Waals surface area contributed by atoms with Crippen molar-refractivity contribution in [2.24, 2.45) is 7.05 Å². The molecule has 1 atom stereocenters. The summed E-state index contributed by atoms with van der Waals surface area (Å²) < 4.78 is 1.91. The van der Waals surface area contributed by atoms with Crippen LogP contribution in [-0.4, -0.2) is 32.1 Å². The molecule has 0 fully saturated rings. The first kappa shape index (κ1) is 16.0. The average Bonchev–Trinajstić information content (AvgIpc) is 2.78. The van der Waals surface area contributed by atoms with Crippen molar-refractivity contribution in [3.8, 4) is 6.07 Å². The van der Waals surface area contributed by atoms with E-state index in [1.54, 1.807) is 18.1 Å². The van der Waals surface area contributed by atoms with Crippen molar-refractivity contribution in [3.05, 3.63) is 6.33 Å². The van der Waals surface area contributed by atoms with E-state index < -0.39 is 5.54 Å². The van der Waals surface area contributed by atoms with Gasteiger partial charge in [0.05, 0.1) is 6.07 Å². The molecule has 0 bridgehead atoms. The van der Waals surface area contributed by atoms with Gasteiger partial charge in [0, 0.05) is 18.8 Å². The Morgan fingerprint density at radius 1 is 1.58 bits per heavy atom. The molecular formula is C13H23N5S. The molecule has 0 saturated carbocycles. The summed E-state index contributed by atoms with van der Waals surface area (Å²) in [7, 11) is 1.94. The maximum Gasteiger partial charge on any atom is 0.190 e. The zero-order chi connectivity index (χ0) is 14.3. The van der Waals surface area contributed by atoms with Gasteiger partial charge in [-0.05, 0) is 33.1 Å². The molecule has 1 rings (SSSR count). The third-order valence-corrected chi connectivity index (χ3v) is 4.15. The van der Waals surface area contributed by atoms with Gasteiger partial charge in [-0.3, -0.25) is 5.32 Å². The van der Waals surface area contributed by atoms with Crippen LogP contribution in [0.1, 0.15) is 40.0 Å². The minimum Gasteiger partial charge on any atom is -0.312 e. The number of nitrogens with zero attached hydrogens (tertiary/aromatic N) is 4. The Labute approximate surface area is 119 Å². The lowest BCUT2D eigenvalue weighted by molar-refractivity contribution is 0.341. The second-order valence-corrected chi connectivity index (χ2v) is 6.09. The molecule has 0 spiro atoms. The number of aryl methyl sites for hydroxylation is 1. The largest absolute Gasteiger partial charge is 0.312 e. The SMILES string of the molecule is CCC(C#N)(CCCSc1nncn1C)NC(C)C. The summed E-state index contributed by atoms with van der Waals surface area (Å²) in [5.74, 6) is 0.954. The molecule has 1 N–H and O–H groups in total. The Balaban J connectivity index is 2.41. The molecule has 0 radical (unpaired) electrons. The predicted octanol–water partition coefficient (Wildman–Crippen LogP) is 2.36. The zero-order valence-corrected chi connectivity index (χ0v) is 13.0. The Kier molecular flexibility index (Phi) is 6.32. The molecule has 0 aliphatic carbocycles. The van der Waals surface area contributed by atoms with Crippen molar-refractivity contribution in [3.63, 3.8) is 0 Å². The smallest absolute Gasteiger partial charge is 0.190 e. The first-order valence-corrected chi connectivity index (χ1v) is 7.67. The minimum absolute atomic E-state index is 0.325. The summed E-state index contributed by atoms with van der Waals surface area (Å²) in [4.78, 5) is 0. The number of aromatic nitrogens is 3. The molecule has 0 aliphatic rings. The van der Waals surface area contributed by atoms with Crippen LogP contribution >= 0.6 is 11.8 Å². The summed E-state index contributed by atoms with van der Waals surface area (Å²) in [5.41, 5.74) is -0.394. The number of hydrogen-bond donors (Lipinski definition) is 1. The maximum absolute atomic E-state index is 9.41. The Morgan fingerprint density at radius 3 is 2.79 bits per heavy atom. The van der Waals surface area contributed by atoms with Crippen LogP contribution < -0.4 is 5.32 Å². The van der Waals surface area contributed by atoms with Crippen molar-refractivity contribution >= 4 is 11.8 Å². The summed E-state index contributed by atoms with van der Waals surface area (Å²) in [5, 5.41) is 21.6. The molecule has 6 heteroatoms. The molecule has 1 heterocycles. The van der Waals surface area contributed by atoms with Gasteiger partial charge in [0.1, 0.15) is 11.9 Å². The van der Waals surface area contributed by atoms with E-state index in [9.17, 15) is 5.26 Å². The maximum atomic E-state index is 9.41. The monoisotopic (exact) mass is 281 g/mol. The van der Waals surface area contributed by atoms with Gasteiger partial charge in [0.25, 0.3) is 0 Å². The fourth-order valence-corrected chi connectivity index (χ4v) is 2.84. The van der Waals surface area contributed by atoms with Gasteiger partial charge >= 0.3 is 0 Å².